The molecule has 0 fully saturated rings. The molecule has 0 heterocycles. The van der Waals surface area contributed by atoms with E-state index in [1.165, 1.54) is 5.32 Å². The van der Waals surface area contributed by atoms with E-state index in [2.05, 4.69) is 5.73 Å². The minimum Gasteiger partial charge on any atom is -0.351 e. The molecule has 0 aliphatic carbocycles. The van der Waals surface area contributed by atoms with Gasteiger partial charge in [-0.2, -0.15) is 13.2 Å². The predicted molar refractivity (Wildman–Crippen MR) is 33.0 cm³/mol. The molecule has 0 rings (SSSR count). The SMILES string of the molecule is NC(=O)NC(=O)CCC(F)(F)F. The van der Waals surface area contributed by atoms with E-state index >= 15 is 0 Å². The first-order valence-corrected chi connectivity index (χ1v) is 2.97. The van der Waals surface area contributed by atoms with Crippen molar-refractivity contribution in [2.24, 2.45) is 5.73 Å². The zero-order valence-electron chi connectivity index (χ0n) is 5.94. The van der Waals surface area contributed by atoms with Crippen LogP contribution in [0.5, 0.6) is 0 Å². The highest BCUT2D eigenvalue weighted by atomic mass is 19.4. The lowest BCUT2D eigenvalue weighted by molar-refractivity contribution is -0.143. The van der Waals surface area contributed by atoms with Crippen molar-refractivity contribution in [2.45, 2.75) is 19.0 Å². The molecule has 4 nitrogen and oxygen atoms in total. The third-order valence-electron chi connectivity index (χ3n) is 0.898. The van der Waals surface area contributed by atoms with Crippen LogP contribution >= 0.6 is 0 Å². The first-order valence-electron chi connectivity index (χ1n) is 2.97. The van der Waals surface area contributed by atoms with Crippen molar-refractivity contribution in [1.29, 1.82) is 0 Å². The van der Waals surface area contributed by atoms with Gasteiger partial charge in [0.15, 0.2) is 0 Å². The second-order valence-corrected chi connectivity index (χ2v) is 2.03. The molecule has 70 valence electrons. The van der Waals surface area contributed by atoms with Crippen molar-refractivity contribution in [3.05, 3.63) is 0 Å². The standard InChI is InChI=1S/C5H7F3N2O2/c6-5(7,8)2-1-3(11)10-4(9)12/h1-2H2,(H3,9,10,11,12). The lowest BCUT2D eigenvalue weighted by atomic mass is 10.3. The van der Waals surface area contributed by atoms with Gasteiger partial charge >= 0.3 is 12.2 Å². The second kappa shape index (κ2) is 3.93. The maximum absolute atomic E-state index is 11.5. The summed E-state index contributed by atoms with van der Waals surface area (Å²) in [6.07, 6.45) is -6.44. The van der Waals surface area contributed by atoms with Crippen molar-refractivity contribution < 1.29 is 22.8 Å². The molecule has 0 atom stereocenters. The molecule has 0 spiro atoms. The maximum atomic E-state index is 11.5. The number of alkyl halides is 3. The van der Waals surface area contributed by atoms with Gasteiger partial charge < -0.3 is 5.73 Å². The molecule has 0 unspecified atom stereocenters. The number of hydrogen-bond donors (Lipinski definition) is 2. The average molecular weight is 184 g/mol. The van der Waals surface area contributed by atoms with Gasteiger partial charge in [-0.15, -0.1) is 0 Å². The molecule has 3 amide bonds. The van der Waals surface area contributed by atoms with Gasteiger partial charge in [0.05, 0.1) is 6.42 Å². The van der Waals surface area contributed by atoms with E-state index in [1.54, 1.807) is 0 Å². The molecule has 0 aliphatic heterocycles. The Morgan fingerprint density at radius 2 is 1.83 bits per heavy atom. The van der Waals surface area contributed by atoms with Crippen LogP contribution in [-0.2, 0) is 4.79 Å². The van der Waals surface area contributed by atoms with E-state index in [1.807, 2.05) is 0 Å². The van der Waals surface area contributed by atoms with Crippen LogP contribution in [0.3, 0.4) is 0 Å². The van der Waals surface area contributed by atoms with Crippen LogP contribution in [-0.4, -0.2) is 18.1 Å². The number of imide groups is 1. The number of urea groups is 1. The summed E-state index contributed by atoms with van der Waals surface area (Å²) in [6, 6.07) is -1.15. The first-order chi connectivity index (χ1) is 5.31. The fraction of sp³-hybridized carbons (Fsp3) is 0.600. The summed E-state index contributed by atoms with van der Waals surface area (Å²) in [6.45, 7) is 0. The van der Waals surface area contributed by atoms with Crippen LogP contribution in [0, 0.1) is 0 Å². The van der Waals surface area contributed by atoms with Gasteiger partial charge in [0.2, 0.25) is 5.91 Å². The molecule has 0 saturated carbocycles. The summed E-state index contributed by atoms with van der Waals surface area (Å²) in [5.41, 5.74) is 4.48. The smallest absolute Gasteiger partial charge is 0.351 e. The lowest BCUT2D eigenvalue weighted by Gasteiger charge is -2.04. The minimum absolute atomic E-state index is 0.785. The van der Waals surface area contributed by atoms with Crippen molar-refractivity contribution in [3.63, 3.8) is 0 Å². The normalized spacial score (nSPS) is 10.9. The van der Waals surface area contributed by atoms with E-state index in [0.29, 0.717) is 0 Å². The van der Waals surface area contributed by atoms with E-state index in [0.717, 1.165) is 0 Å². The molecule has 0 aromatic heterocycles. The number of carbonyl (C=O) groups excluding carboxylic acids is 2. The maximum Gasteiger partial charge on any atom is 0.389 e. The Morgan fingerprint density at radius 3 is 2.17 bits per heavy atom. The number of nitrogens with one attached hydrogen (secondary N) is 1. The summed E-state index contributed by atoms with van der Waals surface area (Å²) >= 11 is 0. The zero-order valence-corrected chi connectivity index (χ0v) is 5.94. The molecule has 0 saturated heterocycles. The number of hydrogen-bond acceptors (Lipinski definition) is 2. The Morgan fingerprint density at radius 1 is 1.33 bits per heavy atom. The molecular formula is C5H7F3N2O2. The van der Waals surface area contributed by atoms with Crippen LogP contribution in [0.4, 0.5) is 18.0 Å². The molecule has 3 N–H and O–H groups in total. The van der Waals surface area contributed by atoms with Gasteiger partial charge in [-0.05, 0) is 0 Å². The summed E-state index contributed by atoms with van der Waals surface area (Å²) in [7, 11) is 0. The van der Waals surface area contributed by atoms with Gasteiger partial charge in [0.25, 0.3) is 0 Å². The van der Waals surface area contributed by atoms with Crippen molar-refractivity contribution in [2.75, 3.05) is 0 Å². The third-order valence-corrected chi connectivity index (χ3v) is 0.898. The molecule has 0 bridgehead atoms. The molecule has 0 radical (unpaired) electrons. The Bertz CT molecular complexity index is 190. The molecule has 0 aromatic rings. The van der Waals surface area contributed by atoms with Crippen LogP contribution in [0.25, 0.3) is 0 Å². The number of rotatable bonds is 2. The van der Waals surface area contributed by atoms with Gasteiger partial charge in [-0.3, -0.25) is 10.1 Å². The number of primary amides is 1. The summed E-state index contributed by atoms with van der Waals surface area (Å²) < 4.78 is 34.4. The van der Waals surface area contributed by atoms with Crippen LogP contribution in [0.1, 0.15) is 12.8 Å². The average Bonchev–Trinajstić information content (AvgIpc) is 1.80. The molecule has 7 heteroatoms. The Kier molecular flexibility index (Phi) is 3.52. The van der Waals surface area contributed by atoms with Crippen molar-refractivity contribution >= 4 is 11.9 Å². The highest BCUT2D eigenvalue weighted by molar-refractivity contribution is 5.93. The summed E-state index contributed by atoms with van der Waals surface area (Å²) in [5, 5.41) is 1.52. The topological polar surface area (TPSA) is 72.2 Å². The highest BCUT2D eigenvalue weighted by Crippen LogP contribution is 2.20. The predicted octanol–water partition coefficient (Wildman–Crippen LogP) is 0.524. The largest absolute Gasteiger partial charge is 0.389 e. The number of nitrogens with two attached hydrogens (primary N) is 1. The van der Waals surface area contributed by atoms with Gasteiger partial charge in [0, 0.05) is 6.42 Å². The number of carbonyl (C=O) groups is 2. The van der Waals surface area contributed by atoms with Crippen LogP contribution in [0.2, 0.25) is 0 Å². The number of halogens is 3. The van der Waals surface area contributed by atoms with E-state index in [4.69, 9.17) is 0 Å². The fourth-order valence-electron chi connectivity index (χ4n) is 0.455. The van der Waals surface area contributed by atoms with E-state index < -0.39 is 31.0 Å². The summed E-state index contributed by atoms with van der Waals surface area (Å²) in [5.74, 6) is -1.03. The van der Waals surface area contributed by atoms with E-state index in [9.17, 15) is 22.8 Å². The Balaban J connectivity index is 3.65. The van der Waals surface area contributed by atoms with Gasteiger partial charge in [-0.1, -0.05) is 0 Å². The van der Waals surface area contributed by atoms with Crippen molar-refractivity contribution in [1.82, 2.24) is 5.32 Å². The zero-order chi connectivity index (χ0) is 9.78. The lowest BCUT2D eigenvalue weighted by Crippen LogP contribution is -2.35. The third kappa shape index (κ3) is 6.84. The molecule has 0 aliphatic rings. The quantitative estimate of drug-likeness (QED) is 0.656. The molecule has 0 aromatic carbocycles. The first kappa shape index (κ1) is 10.7. The summed E-state index contributed by atoms with van der Waals surface area (Å²) in [4.78, 5) is 20.3. The molecular weight excluding hydrogens is 177 g/mol. The van der Waals surface area contributed by atoms with Crippen LogP contribution in [0.15, 0.2) is 0 Å². The van der Waals surface area contributed by atoms with Gasteiger partial charge in [-0.25, -0.2) is 4.79 Å². The van der Waals surface area contributed by atoms with Gasteiger partial charge in [0.1, 0.15) is 0 Å². The number of amides is 3. The second-order valence-electron chi connectivity index (χ2n) is 2.03. The van der Waals surface area contributed by atoms with Crippen molar-refractivity contribution in [3.8, 4) is 0 Å². The van der Waals surface area contributed by atoms with E-state index in [-0.39, 0.29) is 0 Å². The Labute approximate surface area is 65.9 Å². The minimum atomic E-state index is -4.39. The Hall–Kier alpha value is -1.27. The fourth-order valence-corrected chi connectivity index (χ4v) is 0.455. The monoisotopic (exact) mass is 184 g/mol. The molecule has 12 heavy (non-hydrogen) atoms. The highest BCUT2D eigenvalue weighted by Gasteiger charge is 2.27. The van der Waals surface area contributed by atoms with Crippen LogP contribution < -0.4 is 11.1 Å².